The van der Waals surface area contributed by atoms with Gasteiger partial charge in [-0.15, -0.1) is 0 Å². The Hall–Kier alpha value is -2.37. The van der Waals surface area contributed by atoms with Crippen molar-refractivity contribution in [2.24, 2.45) is 4.99 Å². The van der Waals surface area contributed by atoms with Gasteiger partial charge in [-0.3, -0.25) is 9.89 Å². The molecule has 0 spiro atoms. The second kappa shape index (κ2) is 10.1. The molecule has 3 rings (SSSR count). The van der Waals surface area contributed by atoms with Crippen molar-refractivity contribution in [3.63, 3.8) is 0 Å². The molecule has 1 saturated heterocycles. The minimum absolute atomic E-state index is 0.754. The Balaban J connectivity index is 1.50. The summed E-state index contributed by atoms with van der Waals surface area (Å²) in [4.78, 5) is 6.78. The van der Waals surface area contributed by atoms with Gasteiger partial charge in [0.1, 0.15) is 0 Å². The van der Waals surface area contributed by atoms with Gasteiger partial charge < -0.3 is 15.4 Å². The molecule has 0 aliphatic carbocycles. The van der Waals surface area contributed by atoms with Crippen LogP contribution in [-0.2, 0) is 24.4 Å². The highest BCUT2D eigenvalue weighted by Crippen LogP contribution is 2.10. The molecule has 0 amide bonds. The second-order valence-corrected chi connectivity index (χ2v) is 6.91. The van der Waals surface area contributed by atoms with Crippen LogP contribution in [0.15, 0.2) is 53.5 Å². The highest BCUT2D eigenvalue weighted by molar-refractivity contribution is 5.79. The van der Waals surface area contributed by atoms with Gasteiger partial charge in [0.05, 0.1) is 13.2 Å². The average Bonchev–Trinajstić information content (AvgIpc) is 2.70. The molecule has 0 bridgehead atoms. The summed E-state index contributed by atoms with van der Waals surface area (Å²) in [6.45, 7) is 8.34. The zero-order valence-electron chi connectivity index (χ0n) is 16.4. The van der Waals surface area contributed by atoms with Crippen LogP contribution in [0.4, 0.5) is 0 Å². The van der Waals surface area contributed by atoms with E-state index in [1.54, 1.807) is 0 Å². The lowest BCUT2D eigenvalue weighted by Crippen LogP contribution is -2.36. The van der Waals surface area contributed by atoms with Gasteiger partial charge in [-0.2, -0.15) is 0 Å². The first kappa shape index (κ1) is 19.4. The van der Waals surface area contributed by atoms with Crippen LogP contribution >= 0.6 is 0 Å². The number of benzene rings is 2. The molecule has 1 aliphatic rings. The average molecular weight is 367 g/mol. The number of hydrogen-bond acceptors (Lipinski definition) is 3. The number of guanidine groups is 1. The van der Waals surface area contributed by atoms with Crippen LogP contribution in [0, 0.1) is 6.92 Å². The highest BCUT2D eigenvalue weighted by Gasteiger charge is 2.10. The second-order valence-electron chi connectivity index (χ2n) is 6.91. The predicted molar refractivity (Wildman–Crippen MR) is 111 cm³/mol. The number of aryl methyl sites for hydroxylation is 1. The van der Waals surface area contributed by atoms with Gasteiger partial charge in [0, 0.05) is 39.8 Å². The van der Waals surface area contributed by atoms with Crippen LogP contribution in [0.2, 0.25) is 0 Å². The van der Waals surface area contributed by atoms with Crippen LogP contribution in [0.25, 0.3) is 0 Å². The Bertz CT molecular complexity index is 753. The van der Waals surface area contributed by atoms with Gasteiger partial charge >= 0.3 is 0 Å². The number of hydrogen-bond donors (Lipinski definition) is 2. The summed E-state index contributed by atoms with van der Waals surface area (Å²) in [6.07, 6.45) is 0. The number of aliphatic imine (C=N–C) groups is 1. The quantitative estimate of drug-likeness (QED) is 0.610. The van der Waals surface area contributed by atoms with Crippen molar-refractivity contribution in [1.29, 1.82) is 0 Å². The van der Waals surface area contributed by atoms with Crippen molar-refractivity contribution in [1.82, 2.24) is 15.5 Å². The Morgan fingerprint density at radius 1 is 1.00 bits per heavy atom. The zero-order chi connectivity index (χ0) is 18.9. The lowest BCUT2D eigenvalue weighted by Gasteiger charge is -2.26. The van der Waals surface area contributed by atoms with E-state index in [4.69, 9.17) is 4.74 Å². The number of ether oxygens (including phenoxy) is 1. The van der Waals surface area contributed by atoms with E-state index in [1.807, 2.05) is 7.05 Å². The third kappa shape index (κ3) is 6.08. The van der Waals surface area contributed by atoms with E-state index in [1.165, 1.54) is 22.3 Å². The van der Waals surface area contributed by atoms with E-state index in [2.05, 4.69) is 76.0 Å². The summed E-state index contributed by atoms with van der Waals surface area (Å²) in [5.41, 5.74) is 5.18. The molecule has 0 atom stereocenters. The van der Waals surface area contributed by atoms with Crippen LogP contribution in [0.1, 0.15) is 22.3 Å². The van der Waals surface area contributed by atoms with Gasteiger partial charge in [-0.1, -0.05) is 48.5 Å². The highest BCUT2D eigenvalue weighted by atomic mass is 16.5. The van der Waals surface area contributed by atoms with Crippen molar-refractivity contribution < 1.29 is 4.74 Å². The molecule has 1 heterocycles. The smallest absolute Gasteiger partial charge is 0.191 e. The van der Waals surface area contributed by atoms with Crippen LogP contribution in [0.5, 0.6) is 0 Å². The van der Waals surface area contributed by atoms with Gasteiger partial charge in [0.25, 0.3) is 0 Å². The van der Waals surface area contributed by atoms with Crippen molar-refractivity contribution >= 4 is 5.96 Å². The molecule has 1 aliphatic heterocycles. The summed E-state index contributed by atoms with van der Waals surface area (Å²) in [5.74, 6) is 0.817. The maximum Gasteiger partial charge on any atom is 0.191 e. The van der Waals surface area contributed by atoms with Gasteiger partial charge in [0.15, 0.2) is 5.96 Å². The standard InChI is InChI=1S/C22H30N4O/c1-18-6-3-4-9-21(18)16-25-22(23-2)24-15-19-7-5-8-20(14-19)17-26-10-12-27-13-11-26/h3-9,14H,10-13,15-17H2,1-2H3,(H2,23,24,25). The molecule has 2 aromatic carbocycles. The molecule has 2 aromatic rings. The van der Waals surface area contributed by atoms with E-state index >= 15 is 0 Å². The maximum atomic E-state index is 5.43. The van der Waals surface area contributed by atoms with Crippen molar-refractivity contribution in [2.45, 2.75) is 26.6 Å². The zero-order valence-corrected chi connectivity index (χ0v) is 16.4. The minimum Gasteiger partial charge on any atom is -0.379 e. The maximum absolute atomic E-state index is 5.43. The number of morpholine rings is 1. The first-order chi connectivity index (χ1) is 13.2. The van der Waals surface area contributed by atoms with Crippen LogP contribution in [0.3, 0.4) is 0 Å². The molecule has 27 heavy (non-hydrogen) atoms. The lowest BCUT2D eigenvalue weighted by molar-refractivity contribution is 0.0342. The van der Waals surface area contributed by atoms with E-state index in [0.29, 0.717) is 0 Å². The molecule has 5 nitrogen and oxygen atoms in total. The van der Waals surface area contributed by atoms with Gasteiger partial charge in [0.2, 0.25) is 0 Å². The minimum atomic E-state index is 0.754. The third-order valence-electron chi connectivity index (χ3n) is 4.89. The summed E-state index contributed by atoms with van der Waals surface area (Å²) in [5, 5.41) is 6.81. The Morgan fingerprint density at radius 2 is 1.74 bits per heavy atom. The third-order valence-corrected chi connectivity index (χ3v) is 4.89. The summed E-state index contributed by atoms with van der Waals surface area (Å²) in [6, 6.07) is 17.2. The monoisotopic (exact) mass is 366 g/mol. The predicted octanol–water partition coefficient (Wildman–Crippen LogP) is 2.69. The molecule has 0 unspecified atom stereocenters. The summed E-state index contributed by atoms with van der Waals surface area (Å²) >= 11 is 0. The molecule has 2 N–H and O–H groups in total. The van der Waals surface area contributed by atoms with E-state index < -0.39 is 0 Å². The van der Waals surface area contributed by atoms with Crippen molar-refractivity contribution in [3.8, 4) is 0 Å². The van der Waals surface area contributed by atoms with E-state index in [9.17, 15) is 0 Å². The molecule has 5 heteroatoms. The molecule has 0 radical (unpaired) electrons. The first-order valence-corrected chi connectivity index (χ1v) is 9.61. The van der Waals surface area contributed by atoms with Crippen LogP contribution in [-0.4, -0.2) is 44.2 Å². The Labute approximate surface area is 162 Å². The lowest BCUT2D eigenvalue weighted by atomic mass is 10.1. The molecule has 144 valence electrons. The van der Waals surface area contributed by atoms with Gasteiger partial charge in [-0.05, 0) is 29.2 Å². The fourth-order valence-corrected chi connectivity index (χ4v) is 3.25. The molecular weight excluding hydrogens is 336 g/mol. The topological polar surface area (TPSA) is 48.9 Å². The largest absolute Gasteiger partial charge is 0.379 e. The fraction of sp³-hybridized carbons (Fsp3) is 0.409. The SMILES string of the molecule is CN=C(NCc1cccc(CN2CCOCC2)c1)NCc1ccccc1C. The molecule has 0 saturated carbocycles. The Morgan fingerprint density at radius 3 is 2.52 bits per heavy atom. The van der Waals surface area contributed by atoms with Crippen molar-refractivity contribution in [3.05, 3.63) is 70.8 Å². The van der Waals surface area contributed by atoms with Crippen molar-refractivity contribution in [2.75, 3.05) is 33.4 Å². The van der Waals surface area contributed by atoms with Crippen LogP contribution < -0.4 is 10.6 Å². The normalized spacial score (nSPS) is 15.6. The Kier molecular flexibility index (Phi) is 7.25. The number of nitrogens with one attached hydrogen (secondary N) is 2. The number of rotatable bonds is 6. The van der Waals surface area contributed by atoms with Gasteiger partial charge in [-0.25, -0.2) is 0 Å². The molecule has 0 aromatic heterocycles. The summed E-state index contributed by atoms with van der Waals surface area (Å²) in [7, 11) is 1.81. The summed E-state index contributed by atoms with van der Waals surface area (Å²) < 4.78 is 5.43. The first-order valence-electron chi connectivity index (χ1n) is 9.61. The fourth-order valence-electron chi connectivity index (χ4n) is 3.25. The molecule has 1 fully saturated rings. The van der Waals surface area contributed by atoms with E-state index in [0.717, 1.165) is 51.9 Å². The molecular formula is C22H30N4O. The number of nitrogens with zero attached hydrogens (tertiary/aromatic N) is 2. The van der Waals surface area contributed by atoms with E-state index in [-0.39, 0.29) is 0 Å².